The maximum absolute atomic E-state index is 12.7. The van der Waals surface area contributed by atoms with Crippen LogP contribution < -0.4 is 14.8 Å². The number of hydrogen-bond donors (Lipinski definition) is 1. The molecule has 2 atom stereocenters. The molecule has 0 spiro atoms. The number of carbonyl (C=O) groups excluding carboxylic acids is 1. The number of pyridine rings is 1. The van der Waals surface area contributed by atoms with Gasteiger partial charge in [0.1, 0.15) is 5.65 Å². The van der Waals surface area contributed by atoms with E-state index in [1.54, 1.807) is 12.3 Å². The number of ether oxygens (including phenoxy) is 2. The monoisotopic (exact) mass is 399 g/mol. The van der Waals surface area contributed by atoms with Crippen molar-refractivity contribution >= 4 is 23.2 Å². The maximum atomic E-state index is 12.7. The molecule has 3 aromatic rings. The zero-order valence-corrected chi connectivity index (χ0v) is 16.6. The number of halogens is 1. The molecule has 0 saturated heterocycles. The van der Waals surface area contributed by atoms with Crippen molar-refractivity contribution in [1.82, 2.24) is 14.7 Å². The summed E-state index contributed by atoms with van der Waals surface area (Å²) in [4.78, 5) is 17.2. The van der Waals surface area contributed by atoms with Gasteiger partial charge in [-0.1, -0.05) is 24.6 Å². The largest absolute Gasteiger partial charge is 0.454 e. The first-order valence-electron chi connectivity index (χ1n) is 9.36. The normalized spacial score (nSPS) is 14.8. The number of fused-ring (bicyclic) bond motifs is 2. The van der Waals surface area contributed by atoms with Gasteiger partial charge in [-0.25, -0.2) is 4.98 Å². The zero-order valence-electron chi connectivity index (χ0n) is 15.8. The third-order valence-corrected chi connectivity index (χ3v) is 5.29. The number of nitrogens with zero attached hydrogens (tertiary/aromatic N) is 2. The number of hydrogen-bond acceptors (Lipinski definition) is 4. The first kappa shape index (κ1) is 18.6. The molecule has 4 rings (SSSR count). The molecule has 1 N–H and O–H groups in total. The summed E-state index contributed by atoms with van der Waals surface area (Å²) in [5.41, 5.74) is 2.65. The summed E-state index contributed by atoms with van der Waals surface area (Å²) in [5, 5.41) is 3.66. The highest BCUT2D eigenvalue weighted by atomic mass is 35.5. The molecule has 2 unspecified atom stereocenters. The van der Waals surface area contributed by atoms with Crippen molar-refractivity contribution in [3.8, 4) is 11.5 Å². The van der Waals surface area contributed by atoms with Crippen molar-refractivity contribution in [2.45, 2.75) is 38.6 Å². The number of carbonyl (C=O) groups is 1. The Labute approximate surface area is 168 Å². The summed E-state index contributed by atoms with van der Waals surface area (Å²) >= 11 is 6.20. The lowest BCUT2D eigenvalue weighted by Crippen LogP contribution is -2.33. The zero-order chi connectivity index (χ0) is 19.7. The molecular weight excluding hydrogens is 378 g/mol. The summed E-state index contributed by atoms with van der Waals surface area (Å²) in [6, 6.07) is 9.58. The van der Waals surface area contributed by atoms with Crippen LogP contribution >= 0.6 is 11.6 Å². The highest BCUT2D eigenvalue weighted by Crippen LogP contribution is 2.38. The Morgan fingerprint density at radius 2 is 2.11 bits per heavy atom. The molecule has 0 bridgehead atoms. The predicted octanol–water partition coefficient (Wildman–Crippen LogP) is 4.15. The minimum atomic E-state index is -0.202. The number of benzene rings is 1. The summed E-state index contributed by atoms with van der Waals surface area (Å²) in [7, 11) is 0. The number of aromatic nitrogens is 2. The van der Waals surface area contributed by atoms with Crippen molar-refractivity contribution < 1.29 is 14.3 Å². The standard InChI is InChI=1S/C21H22ClN3O3/c1-3-13(2)24-21(26)9-16(14-4-6-18-19(8-14)28-12-27-18)17-10-23-20-7-5-15(22)11-25(17)20/h4-8,10-11,13,16H,3,9,12H2,1-2H3,(H,24,26). The number of imidazole rings is 1. The van der Waals surface area contributed by atoms with Gasteiger partial charge in [-0.2, -0.15) is 0 Å². The molecule has 1 aliphatic rings. The van der Waals surface area contributed by atoms with Crippen LogP contribution in [-0.2, 0) is 4.79 Å². The molecule has 6 nitrogen and oxygen atoms in total. The molecule has 0 fully saturated rings. The molecule has 1 amide bonds. The Morgan fingerprint density at radius 1 is 1.29 bits per heavy atom. The molecule has 146 valence electrons. The highest BCUT2D eigenvalue weighted by molar-refractivity contribution is 6.30. The molecular formula is C21H22ClN3O3. The van der Waals surface area contributed by atoms with Crippen molar-refractivity contribution in [3.63, 3.8) is 0 Å². The van der Waals surface area contributed by atoms with Crippen LogP contribution in [0.15, 0.2) is 42.7 Å². The Kier molecular flexibility index (Phi) is 5.13. The minimum Gasteiger partial charge on any atom is -0.454 e. The van der Waals surface area contributed by atoms with Crippen LogP contribution in [0, 0.1) is 0 Å². The Morgan fingerprint density at radius 3 is 2.93 bits per heavy atom. The second-order valence-corrected chi connectivity index (χ2v) is 7.44. The molecule has 1 aromatic carbocycles. The van der Waals surface area contributed by atoms with Crippen LogP contribution in [0.5, 0.6) is 11.5 Å². The van der Waals surface area contributed by atoms with Gasteiger partial charge in [0, 0.05) is 30.8 Å². The number of amides is 1. The van der Waals surface area contributed by atoms with E-state index in [9.17, 15) is 4.79 Å². The van der Waals surface area contributed by atoms with Gasteiger partial charge in [-0.15, -0.1) is 0 Å². The topological polar surface area (TPSA) is 64.9 Å². The number of nitrogens with one attached hydrogen (secondary N) is 1. The molecule has 3 heterocycles. The van der Waals surface area contributed by atoms with E-state index in [1.807, 2.05) is 48.7 Å². The fourth-order valence-electron chi connectivity index (χ4n) is 3.38. The van der Waals surface area contributed by atoms with Gasteiger partial charge < -0.3 is 19.2 Å². The summed E-state index contributed by atoms with van der Waals surface area (Å²) in [6.07, 6.45) is 4.80. The van der Waals surface area contributed by atoms with E-state index in [2.05, 4.69) is 10.3 Å². The predicted molar refractivity (Wildman–Crippen MR) is 107 cm³/mol. The molecule has 28 heavy (non-hydrogen) atoms. The van der Waals surface area contributed by atoms with Crippen molar-refractivity contribution in [2.24, 2.45) is 0 Å². The van der Waals surface area contributed by atoms with Crippen LogP contribution in [0.1, 0.15) is 43.9 Å². The van der Waals surface area contributed by atoms with E-state index in [1.165, 1.54) is 0 Å². The van der Waals surface area contributed by atoms with Gasteiger partial charge in [0.15, 0.2) is 11.5 Å². The summed E-state index contributed by atoms with van der Waals surface area (Å²) in [6.45, 7) is 4.26. The molecule has 0 radical (unpaired) electrons. The van der Waals surface area contributed by atoms with Crippen LogP contribution in [0.4, 0.5) is 0 Å². The van der Waals surface area contributed by atoms with Crippen LogP contribution in [0.3, 0.4) is 0 Å². The smallest absolute Gasteiger partial charge is 0.231 e. The lowest BCUT2D eigenvalue weighted by atomic mass is 9.91. The molecule has 2 aromatic heterocycles. The second-order valence-electron chi connectivity index (χ2n) is 7.00. The summed E-state index contributed by atoms with van der Waals surface area (Å²) in [5.74, 6) is 1.20. The van der Waals surface area contributed by atoms with E-state index >= 15 is 0 Å². The molecule has 0 saturated carbocycles. The van der Waals surface area contributed by atoms with Crippen molar-refractivity contribution in [2.75, 3.05) is 6.79 Å². The first-order chi connectivity index (χ1) is 13.5. The highest BCUT2D eigenvalue weighted by Gasteiger charge is 2.25. The Hall–Kier alpha value is -2.73. The van der Waals surface area contributed by atoms with Gasteiger partial charge in [-0.3, -0.25) is 4.79 Å². The minimum absolute atomic E-state index is 0.00556. The van der Waals surface area contributed by atoms with Gasteiger partial charge in [0.05, 0.1) is 10.7 Å². The fourth-order valence-corrected chi connectivity index (χ4v) is 3.54. The Balaban J connectivity index is 1.74. The van der Waals surface area contributed by atoms with E-state index < -0.39 is 0 Å². The quantitative estimate of drug-likeness (QED) is 0.676. The summed E-state index contributed by atoms with van der Waals surface area (Å²) < 4.78 is 12.9. The average Bonchev–Trinajstić information content (AvgIpc) is 3.31. The van der Waals surface area contributed by atoms with Gasteiger partial charge in [0.25, 0.3) is 0 Å². The first-order valence-corrected chi connectivity index (χ1v) is 9.74. The van der Waals surface area contributed by atoms with Crippen LogP contribution in [0.2, 0.25) is 5.02 Å². The van der Waals surface area contributed by atoms with Gasteiger partial charge >= 0.3 is 0 Å². The second kappa shape index (κ2) is 7.72. The van der Waals surface area contributed by atoms with E-state index in [0.717, 1.165) is 23.3 Å². The van der Waals surface area contributed by atoms with Gasteiger partial charge in [-0.05, 0) is 43.2 Å². The average molecular weight is 400 g/mol. The lowest BCUT2D eigenvalue weighted by Gasteiger charge is -2.19. The van der Waals surface area contributed by atoms with E-state index in [4.69, 9.17) is 21.1 Å². The van der Waals surface area contributed by atoms with Gasteiger partial charge in [0.2, 0.25) is 12.7 Å². The van der Waals surface area contributed by atoms with Crippen LogP contribution in [0.25, 0.3) is 5.65 Å². The van der Waals surface area contributed by atoms with E-state index in [0.29, 0.717) is 22.9 Å². The van der Waals surface area contributed by atoms with Crippen molar-refractivity contribution in [3.05, 3.63) is 59.0 Å². The lowest BCUT2D eigenvalue weighted by molar-refractivity contribution is -0.121. The SMILES string of the molecule is CCC(C)NC(=O)CC(c1ccc2c(c1)OCO2)c1cnc2ccc(Cl)cn12. The third-order valence-electron chi connectivity index (χ3n) is 5.06. The Bertz CT molecular complexity index is 1020. The van der Waals surface area contributed by atoms with Crippen molar-refractivity contribution in [1.29, 1.82) is 0 Å². The molecule has 0 aliphatic carbocycles. The van der Waals surface area contributed by atoms with E-state index in [-0.39, 0.29) is 24.7 Å². The molecule has 7 heteroatoms. The van der Waals surface area contributed by atoms with Crippen LogP contribution in [-0.4, -0.2) is 28.1 Å². The molecule has 1 aliphatic heterocycles. The fraction of sp³-hybridized carbons (Fsp3) is 0.333. The third kappa shape index (κ3) is 3.64. The number of rotatable bonds is 6. The maximum Gasteiger partial charge on any atom is 0.231 e.